The number of nitrogens with zero attached hydrogens (tertiary/aromatic N) is 3. The zero-order valence-electron chi connectivity index (χ0n) is 16.6. The molecule has 0 radical (unpaired) electrons. The Morgan fingerprint density at radius 2 is 2.22 bits per heavy atom. The van der Waals surface area contributed by atoms with Gasteiger partial charge in [-0.2, -0.15) is 5.10 Å². The smallest absolute Gasteiger partial charge is 0.223 e. The highest BCUT2D eigenvalue weighted by Gasteiger charge is 2.45. The van der Waals surface area contributed by atoms with Gasteiger partial charge in [0.05, 0.1) is 38.2 Å². The maximum Gasteiger partial charge on any atom is 0.223 e. The largest absolute Gasteiger partial charge is 0.468 e. The molecule has 7 nitrogen and oxygen atoms in total. The van der Waals surface area contributed by atoms with Crippen molar-refractivity contribution in [3.8, 4) is 0 Å². The van der Waals surface area contributed by atoms with Gasteiger partial charge in [0.25, 0.3) is 0 Å². The molecule has 0 saturated carbocycles. The quantitative estimate of drug-likeness (QED) is 0.769. The number of carbonyl (C=O) groups excluding carboxylic acids is 1. The lowest BCUT2D eigenvalue weighted by atomic mass is 9.93. The molecule has 0 aromatic carbocycles. The summed E-state index contributed by atoms with van der Waals surface area (Å²) in [5.74, 6) is 1.28. The summed E-state index contributed by atoms with van der Waals surface area (Å²) in [6.45, 7) is 8.99. The van der Waals surface area contributed by atoms with Crippen LogP contribution in [0.4, 0.5) is 0 Å². The van der Waals surface area contributed by atoms with E-state index in [4.69, 9.17) is 9.15 Å². The number of rotatable bonds is 8. The van der Waals surface area contributed by atoms with E-state index in [1.807, 2.05) is 34.1 Å². The molecule has 1 aliphatic rings. The van der Waals surface area contributed by atoms with Crippen molar-refractivity contribution < 1.29 is 13.9 Å². The van der Waals surface area contributed by atoms with E-state index in [0.29, 0.717) is 26.1 Å². The van der Waals surface area contributed by atoms with Crippen LogP contribution in [0, 0.1) is 5.92 Å². The van der Waals surface area contributed by atoms with Crippen molar-refractivity contribution in [2.75, 3.05) is 20.3 Å². The Bertz CT molecular complexity index is 733. The average Bonchev–Trinajstić information content (AvgIpc) is 3.32. The first-order valence-corrected chi connectivity index (χ1v) is 9.46. The minimum Gasteiger partial charge on any atom is -0.468 e. The molecule has 0 spiro atoms. The molecule has 1 N–H and O–H groups in total. The number of hydrogen-bond donors (Lipinski definition) is 1. The van der Waals surface area contributed by atoms with Crippen LogP contribution >= 0.6 is 0 Å². The Kier molecular flexibility index (Phi) is 6.01. The Hall–Kier alpha value is -2.12. The van der Waals surface area contributed by atoms with Crippen LogP contribution < -0.4 is 5.32 Å². The Morgan fingerprint density at radius 1 is 1.41 bits per heavy atom. The second-order valence-electron chi connectivity index (χ2n) is 8.08. The van der Waals surface area contributed by atoms with Crippen molar-refractivity contribution in [1.29, 1.82) is 0 Å². The predicted molar refractivity (Wildman–Crippen MR) is 102 cm³/mol. The van der Waals surface area contributed by atoms with E-state index in [9.17, 15) is 4.79 Å². The Labute approximate surface area is 160 Å². The number of hydrogen-bond acceptors (Lipinski definition) is 5. The fourth-order valence-electron chi connectivity index (χ4n) is 3.83. The zero-order valence-corrected chi connectivity index (χ0v) is 16.6. The van der Waals surface area contributed by atoms with Crippen molar-refractivity contribution in [3.05, 3.63) is 42.1 Å². The van der Waals surface area contributed by atoms with Gasteiger partial charge in [0.15, 0.2) is 0 Å². The van der Waals surface area contributed by atoms with E-state index in [-0.39, 0.29) is 23.4 Å². The third-order valence-electron chi connectivity index (χ3n) is 4.96. The van der Waals surface area contributed by atoms with Gasteiger partial charge in [-0.05, 0) is 32.9 Å². The predicted octanol–water partition coefficient (Wildman–Crippen LogP) is 2.60. The third-order valence-corrected chi connectivity index (χ3v) is 4.96. The van der Waals surface area contributed by atoms with E-state index in [1.54, 1.807) is 13.4 Å². The van der Waals surface area contributed by atoms with Crippen LogP contribution in [-0.4, -0.2) is 46.4 Å². The number of aromatic nitrogens is 2. The summed E-state index contributed by atoms with van der Waals surface area (Å²) >= 11 is 0. The van der Waals surface area contributed by atoms with Gasteiger partial charge >= 0.3 is 0 Å². The number of carbonyl (C=O) groups is 1. The zero-order chi connectivity index (χ0) is 19.4. The minimum atomic E-state index is -0.244. The summed E-state index contributed by atoms with van der Waals surface area (Å²) in [4.78, 5) is 14.8. The normalized spacial score (nSPS) is 20.6. The maximum absolute atomic E-state index is 12.8. The summed E-state index contributed by atoms with van der Waals surface area (Å²) in [6.07, 6.45) is 6.14. The van der Waals surface area contributed by atoms with Gasteiger partial charge in [-0.1, -0.05) is 0 Å². The molecule has 1 amide bonds. The maximum atomic E-state index is 12.8. The Balaban J connectivity index is 1.76. The van der Waals surface area contributed by atoms with Gasteiger partial charge in [0, 0.05) is 43.3 Å². The molecule has 7 heteroatoms. The first-order valence-electron chi connectivity index (χ1n) is 9.46. The van der Waals surface area contributed by atoms with Crippen LogP contribution in [-0.2, 0) is 22.6 Å². The fraction of sp³-hybridized carbons (Fsp3) is 0.600. The van der Waals surface area contributed by atoms with Gasteiger partial charge in [0.1, 0.15) is 5.76 Å². The molecule has 1 fully saturated rings. The average molecular weight is 374 g/mol. The van der Waals surface area contributed by atoms with Crippen molar-refractivity contribution >= 4 is 5.91 Å². The third kappa shape index (κ3) is 4.59. The number of furan rings is 1. The van der Waals surface area contributed by atoms with Gasteiger partial charge in [-0.3, -0.25) is 9.48 Å². The van der Waals surface area contributed by atoms with Crippen LogP contribution in [0.3, 0.4) is 0 Å². The summed E-state index contributed by atoms with van der Waals surface area (Å²) in [6, 6.07) is 3.85. The van der Waals surface area contributed by atoms with E-state index in [0.717, 1.165) is 17.9 Å². The monoisotopic (exact) mass is 374 g/mol. The van der Waals surface area contributed by atoms with E-state index in [1.165, 1.54) is 0 Å². The molecule has 0 unspecified atom stereocenters. The Morgan fingerprint density at radius 3 is 2.89 bits per heavy atom. The van der Waals surface area contributed by atoms with Crippen LogP contribution in [0.15, 0.2) is 35.2 Å². The first-order chi connectivity index (χ1) is 12.9. The van der Waals surface area contributed by atoms with Gasteiger partial charge in [0.2, 0.25) is 5.91 Å². The van der Waals surface area contributed by atoms with Crippen molar-refractivity contribution in [2.24, 2.45) is 5.92 Å². The minimum absolute atomic E-state index is 0.0119. The van der Waals surface area contributed by atoms with Crippen LogP contribution in [0.25, 0.3) is 0 Å². The summed E-state index contributed by atoms with van der Waals surface area (Å²) in [5, 5.41) is 7.90. The lowest BCUT2D eigenvalue weighted by Crippen LogP contribution is -2.44. The van der Waals surface area contributed by atoms with Crippen molar-refractivity contribution in [3.63, 3.8) is 0 Å². The molecule has 2 atom stereocenters. The van der Waals surface area contributed by atoms with Gasteiger partial charge in [-0.15, -0.1) is 0 Å². The number of ether oxygens (including phenoxy) is 1. The molecule has 2 aromatic rings. The fourth-order valence-corrected chi connectivity index (χ4v) is 3.83. The number of amides is 1. The number of nitrogens with one attached hydrogen (secondary N) is 1. The first kappa shape index (κ1) is 19.6. The van der Waals surface area contributed by atoms with Gasteiger partial charge in [-0.25, -0.2) is 0 Å². The van der Waals surface area contributed by atoms with Crippen LogP contribution in [0.1, 0.15) is 44.6 Å². The summed E-state index contributed by atoms with van der Waals surface area (Å²) in [5.41, 5.74) is 0.836. The highest BCUT2D eigenvalue weighted by molar-refractivity contribution is 5.80. The molecule has 1 saturated heterocycles. The molecule has 27 heavy (non-hydrogen) atoms. The van der Waals surface area contributed by atoms with E-state index in [2.05, 4.69) is 31.2 Å². The molecule has 3 heterocycles. The highest BCUT2D eigenvalue weighted by atomic mass is 16.5. The molecular weight excluding hydrogens is 344 g/mol. The second kappa shape index (κ2) is 8.27. The van der Waals surface area contributed by atoms with Crippen molar-refractivity contribution in [1.82, 2.24) is 20.0 Å². The molecule has 1 aliphatic heterocycles. The molecule has 148 valence electrons. The second-order valence-corrected chi connectivity index (χ2v) is 8.08. The molecule has 0 aliphatic carbocycles. The topological polar surface area (TPSA) is 72.5 Å². The van der Waals surface area contributed by atoms with Crippen LogP contribution in [0.2, 0.25) is 0 Å². The van der Waals surface area contributed by atoms with Gasteiger partial charge < -0.3 is 19.4 Å². The molecule has 3 rings (SSSR count). The van der Waals surface area contributed by atoms with E-state index < -0.39 is 0 Å². The van der Waals surface area contributed by atoms with Crippen LogP contribution in [0.5, 0.6) is 0 Å². The van der Waals surface area contributed by atoms with Crippen molar-refractivity contribution in [2.45, 2.75) is 51.9 Å². The molecule has 2 aromatic heterocycles. The summed E-state index contributed by atoms with van der Waals surface area (Å²) in [7, 11) is 1.68. The lowest BCUT2D eigenvalue weighted by molar-refractivity contribution is -0.133. The lowest BCUT2D eigenvalue weighted by Gasteiger charge is -2.38. The summed E-state index contributed by atoms with van der Waals surface area (Å²) < 4.78 is 12.4. The number of methoxy groups -OCH3 is 1. The standard InChI is InChI=1S/C20H30N4O3/c1-20(2,3)24-18(25)10-15(11-21-13-17-6-5-8-27-17)19(24)16-12-22-23(14-16)7-9-26-4/h5-6,8,12,14-15,19,21H,7,9-11,13H2,1-4H3/t15-,19+/m0/s1. The SMILES string of the molecule is COCCn1cc([C@H]2[C@H](CNCc3ccco3)CC(=O)N2C(C)(C)C)cn1. The number of likely N-dealkylation sites (tertiary alicyclic amines) is 1. The molecular formula is C20H30N4O3. The highest BCUT2D eigenvalue weighted by Crippen LogP contribution is 2.42. The molecule has 0 bridgehead atoms. The van der Waals surface area contributed by atoms with E-state index >= 15 is 0 Å².